The van der Waals surface area contributed by atoms with Crippen LogP contribution in [0.25, 0.3) is 0 Å². The fourth-order valence-corrected chi connectivity index (χ4v) is 2.99. The highest BCUT2D eigenvalue weighted by atomic mass is 16.5. The van der Waals surface area contributed by atoms with Crippen molar-refractivity contribution in [3.63, 3.8) is 0 Å². The fraction of sp³-hybridized carbons (Fsp3) is 0.500. The molecule has 0 saturated heterocycles. The molecule has 1 fully saturated rings. The van der Waals surface area contributed by atoms with Crippen molar-refractivity contribution in [3.05, 3.63) is 29.8 Å². The highest BCUT2D eigenvalue weighted by Gasteiger charge is 2.65. The van der Waals surface area contributed by atoms with Gasteiger partial charge in [0.1, 0.15) is 5.75 Å². The summed E-state index contributed by atoms with van der Waals surface area (Å²) in [7, 11) is 1.58. The number of carboxylic acids is 1. The molecule has 1 aromatic carbocycles. The first kappa shape index (κ1) is 15.4. The molecule has 2 rings (SSSR count). The first-order chi connectivity index (χ1) is 9.80. The third-order valence-electron chi connectivity index (χ3n) is 4.34. The number of nitrogens with one attached hydrogen (secondary N) is 1. The molecule has 21 heavy (non-hydrogen) atoms. The minimum atomic E-state index is -0.912. The SMILES string of the molecule is COc1ccccc1[C@@H](C)NC(=O)[C@H]1[C@@H](C(=O)O)C1(C)C. The maximum Gasteiger partial charge on any atom is 0.307 e. The summed E-state index contributed by atoms with van der Waals surface area (Å²) in [6.45, 7) is 5.48. The number of aliphatic carboxylic acids is 1. The minimum absolute atomic E-state index is 0.217. The summed E-state index contributed by atoms with van der Waals surface area (Å²) in [4.78, 5) is 23.5. The van der Waals surface area contributed by atoms with Crippen molar-refractivity contribution >= 4 is 11.9 Å². The topological polar surface area (TPSA) is 75.6 Å². The second-order valence-corrected chi connectivity index (χ2v) is 6.09. The Balaban J connectivity index is 2.09. The van der Waals surface area contributed by atoms with Crippen molar-refractivity contribution in [2.75, 3.05) is 7.11 Å². The Hall–Kier alpha value is -2.04. The third kappa shape index (κ3) is 2.73. The average molecular weight is 291 g/mol. The highest BCUT2D eigenvalue weighted by Crippen LogP contribution is 2.58. The van der Waals surface area contributed by atoms with E-state index in [4.69, 9.17) is 9.84 Å². The third-order valence-corrected chi connectivity index (χ3v) is 4.34. The van der Waals surface area contributed by atoms with Gasteiger partial charge in [0.15, 0.2) is 0 Å². The van der Waals surface area contributed by atoms with E-state index in [9.17, 15) is 9.59 Å². The Bertz CT molecular complexity index is 567. The van der Waals surface area contributed by atoms with Crippen LogP contribution in [-0.4, -0.2) is 24.1 Å². The lowest BCUT2D eigenvalue weighted by molar-refractivity contribution is -0.140. The molecular weight excluding hydrogens is 270 g/mol. The van der Waals surface area contributed by atoms with Crippen LogP contribution in [0, 0.1) is 17.3 Å². The number of amides is 1. The average Bonchev–Trinajstić information content (AvgIpc) is 3.01. The van der Waals surface area contributed by atoms with E-state index in [0.29, 0.717) is 5.75 Å². The Morgan fingerprint density at radius 2 is 1.90 bits per heavy atom. The molecular formula is C16H21NO4. The van der Waals surface area contributed by atoms with E-state index < -0.39 is 23.2 Å². The zero-order valence-corrected chi connectivity index (χ0v) is 12.7. The molecule has 2 N–H and O–H groups in total. The van der Waals surface area contributed by atoms with E-state index in [1.807, 2.05) is 45.0 Å². The molecule has 1 amide bonds. The second-order valence-electron chi connectivity index (χ2n) is 6.09. The van der Waals surface area contributed by atoms with E-state index in [1.165, 1.54) is 0 Å². The molecule has 114 valence electrons. The summed E-state index contributed by atoms with van der Waals surface area (Å²) < 4.78 is 5.28. The van der Waals surface area contributed by atoms with Crippen LogP contribution in [0.4, 0.5) is 0 Å². The van der Waals surface area contributed by atoms with Crippen LogP contribution in [0.5, 0.6) is 5.75 Å². The monoisotopic (exact) mass is 291 g/mol. The Morgan fingerprint density at radius 1 is 1.29 bits per heavy atom. The van der Waals surface area contributed by atoms with Crippen molar-refractivity contribution in [1.29, 1.82) is 0 Å². The normalized spacial score (nSPS) is 24.0. The van der Waals surface area contributed by atoms with Gasteiger partial charge in [-0.15, -0.1) is 0 Å². The van der Waals surface area contributed by atoms with Crippen molar-refractivity contribution in [1.82, 2.24) is 5.32 Å². The van der Waals surface area contributed by atoms with Crippen molar-refractivity contribution in [2.45, 2.75) is 26.8 Å². The number of ether oxygens (including phenoxy) is 1. The van der Waals surface area contributed by atoms with Gasteiger partial charge in [-0.1, -0.05) is 32.0 Å². The van der Waals surface area contributed by atoms with Crippen LogP contribution in [0.1, 0.15) is 32.4 Å². The van der Waals surface area contributed by atoms with E-state index >= 15 is 0 Å². The summed E-state index contributed by atoms with van der Waals surface area (Å²) in [5.41, 5.74) is 0.384. The van der Waals surface area contributed by atoms with E-state index in [0.717, 1.165) is 5.56 Å². The number of hydrogen-bond donors (Lipinski definition) is 2. The summed E-state index contributed by atoms with van der Waals surface area (Å²) in [5, 5.41) is 12.0. The molecule has 1 aromatic rings. The van der Waals surface area contributed by atoms with Crippen LogP contribution in [0.2, 0.25) is 0 Å². The first-order valence-electron chi connectivity index (χ1n) is 6.96. The molecule has 0 unspecified atom stereocenters. The van der Waals surface area contributed by atoms with Gasteiger partial charge in [0, 0.05) is 5.56 Å². The molecule has 1 aliphatic carbocycles. The molecule has 0 heterocycles. The zero-order chi connectivity index (χ0) is 15.8. The molecule has 0 bridgehead atoms. The van der Waals surface area contributed by atoms with Crippen LogP contribution < -0.4 is 10.1 Å². The van der Waals surface area contributed by atoms with Gasteiger partial charge in [-0.05, 0) is 18.4 Å². The molecule has 0 aliphatic heterocycles. The number of benzene rings is 1. The molecule has 5 heteroatoms. The van der Waals surface area contributed by atoms with Crippen LogP contribution in [0.3, 0.4) is 0 Å². The predicted octanol–water partition coefficient (Wildman–Crippen LogP) is 2.23. The van der Waals surface area contributed by atoms with Gasteiger partial charge < -0.3 is 15.2 Å². The number of carbonyl (C=O) groups is 2. The predicted molar refractivity (Wildman–Crippen MR) is 77.9 cm³/mol. The lowest BCUT2D eigenvalue weighted by Gasteiger charge is -2.17. The van der Waals surface area contributed by atoms with Crippen molar-refractivity contribution in [2.24, 2.45) is 17.3 Å². The molecule has 5 nitrogen and oxygen atoms in total. The number of para-hydroxylation sites is 1. The van der Waals surface area contributed by atoms with Gasteiger partial charge in [-0.2, -0.15) is 0 Å². The number of hydrogen-bond acceptors (Lipinski definition) is 3. The van der Waals surface area contributed by atoms with Gasteiger partial charge in [0.25, 0.3) is 0 Å². The summed E-state index contributed by atoms with van der Waals surface area (Å²) >= 11 is 0. The van der Waals surface area contributed by atoms with Gasteiger partial charge in [-0.3, -0.25) is 9.59 Å². The number of carboxylic acid groups (broad SMARTS) is 1. The van der Waals surface area contributed by atoms with Gasteiger partial charge in [-0.25, -0.2) is 0 Å². The lowest BCUT2D eigenvalue weighted by Crippen LogP contribution is -2.30. The summed E-state index contributed by atoms with van der Waals surface area (Å²) in [6, 6.07) is 7.22. The molecule has 0 aromatic heterocycles. The van der Waals surface area contributed by atoms with E-state index in [2.05, 4.69) is 5.32 Å². The minimum Gasteiger partial charge on any atom is -0.496 e. The van der Waals surface area contributed by atoms with E-state index in [1.54, 1.807) is 7.11 Å². The number of rotatable bonds is 5. The molecule has 1 saturated carbocycles. The maximum absolute atomic E-state index is 12.3. The standard InChI is InChI=1S/C16H21NO4/c1-9(10-7-5-6-8-11(10)21-4)17-14(18)12-13(15(19)20)16(12,2)3/h5-9,12-13H,1-4H3,(H,17,18)(H,19,20)/t9-,12-,13+/m1/s1. The smallest absolute Gasteiger partial charge is 0.307 e. The van der Waals surface area contributed by atoms with Crippen LogP contribution in [0.15, 0.2) is 24.3 Å². The summed E-state index contributed by atoms with van der Waals surface area (Å²) in [5.74, 6) is -1.51. The second kappa shape index (κ2) is 5.39. The first-order valence-corrected chi connectivity index (χ1v) is 6.96. The van der Waals surface area contributed by atoms with Crippen molar-refractivity contribution in [3.8, 4) is 5.75 Å². The van der Waals surface area contributed by atoms with E-state index in [-0.39, 0.29) is 11.9 Å². The summed E-state index contributed by atoms with van der Waals surface area (Å²) in [6.07, 6.45) is 0. The molecule has 0 radical (unpaired) electrons. The Morgan fingerprint density at radius 3 is 2.43 bits per heavy atom. The largest absolute Gasteiger partial charge is 0.496 e. The zero-order valence-electron chi connectivity index (χ0n) is 12.7. The van der Waals surface area contributed by atoms with Crippen LogP contribution in [-0.2, 0) is 9.59 Å². The van der Waals surface area contributed by atoms with Crippen LogP contribution >= 0.6 is 0 Å². The molecule has 0 spiro atoms. The Kier molecular flexibility index (Phi) is 3.94. The number of carbonyl (C=O) groups excluding carboxylic acids is 1. The van der Waals surface area contributed by atoms with Gasteiger partial charge >= 0.3 is 5.97 Å². The fourth-order valence-electron chi connectivity index (χ4n) is 2.99. The molecule has 1 aliphatic rings. The lowest BCUT2D eigenvalue weighted by atomic mass is 10.1. The van der Waals surface area contributed by atoms with Crippen molar-refractivity contribution < 1.29 is 19.4 Å². The van der Waals surface area contributed by atoms with Gasteiger partial charge in [0.05, 0.1) is 25.0 Å². The number of methoxy groups -OCH3 is 1. The quantitative estimate of drug-likeness (QED) is 0.872. The molecule has 3 atom stereocenters. The Labute approximate surface area is 124 Å². The maximum atomic E-state index is 12.3. The highest BCUT2D eigenvalue weighted by molar-refractivity contribution is 5.91. The van der Waals surface area contributed by atoms with Gasteiger partial charge in [0.2, 0.25) is 5.91 Å².